The van der Waals surface area contributed by atoms with Crippen molar-refractivity contribution in [2.24, 2.45) is 0 Å². The Bertz CT molecular complexity index is 672. The van der Waals surface area contributed by atoms with Crippen molar-refractivity contribution in [3.05, 3.63) is 46.8 Å². The predicted octanol–water partition coefficient (Wildman–Crippen LogP) is 3.83. The molecule has 0 amide bonds. The standard InChI is InChI=1S/C14H13ClFN3O2/c1-7(2)13-17-6-10(12(19-13)14(20)21)18-11-8(15)4-3-5-9(11)16/h3-7,18H,1-2H3,(H,20,21). The lowest BCUT2D eigenvalue weighted by molar-refractivity contribution is 0.0691. The number of carbonyl (C=O) groups is 1. The van der Waals surface area contributed by atoms with Crippen LogP contribution in [0.3, 0.4) is 0 Å². The molecule has 0 fully saturated rings. The number of carboxylic acid groups (broad SMARTS) is 1. The van der Waals surface area contributed by atoms with Crippen LogP contribution in [0.25, 0.3) is 0 Å². The number of halogens is 2. The van der Waals surface area contributed by atoms with Gasteiger partial charge in [0.25, 0.3) is 0 Å². The summed E-state index contributed by atoms with van der Waals surface area (Å²) in [5.74, 6) is -1.44. The first-order valence-corrected chi connectivity index (χ1v) is 6.59. The zero-order chi connectivity index (χ0) is 15.6. The second-order valence-electron chi connectivity index (χ2n) is 4.67. The van der Waals surface area contributed by atoms with Crippen LogP contribution < -0.4 is 5.32 Å². The Labute approximate surface area is 125 Å². The summed E-state index contributed by atoms with van der Waals surface area (Å²) in [5.41, 5.74) is -0.158. The van der Waals surface area contributed by atoms with Crippen LogP contribution in [0.5, 0.6) is 0 Å². The fraction of sp³-hybridized carbons (Fsp3) is 0.214. The van der Waals surface area contributed by atoms with Crippen molar-refractivity contribution in [3.63, 3.8) is 0 Å². The highest BCUT2D eigenvalue weighted by Crippen LogP contribution is 2.29. The summed E-state index contributed by atoms with van der Waals surface area (Å²) < 4.78 is 13.7. The lowest BCUT2D eigenvalue weighted by Crippen LogP contribution is -2.11. The van der Waals surface area contributed by atoms with Gasteiger partial charge in [-0.3, -0.25) is 0 Å². The van der Waals surface area contributed by atoms with E-state index in [9.17, 15) is 14.3 Å². The smallest absolute Gasteiger partial charge is 0.356 e. The van der Waals surface area contributed by atoms with Crippen molar-refractivity contribution < 1.29 is 14.3 Å². The van der Waals surface area contributed by atoms with Crippen LogP contribution in [-0.4, -0.2) is 21.0 Å². The van der Waals surface area contributed by atoms with Crippen LogP contribution >= 0.6 is 11.6 Å². The largest absolute Gasteiger partial charge is 0.476 e. The number of para-hydroxylation sites is 1. The zero-order valence-corrected chi connectivity index (χ0v) is 12.1. The van der Waals surface area contributed by atoms with Crippen LogP contribution in [0.1, 0.15) is 36.1 Å². The van der Waals surface area contributed by atoms with Crippen LogP contribution in [0.2, 0.25) is 5.02 Å². The molecule has 0 saturated heterocycles. The number of aromatic carboxylic acids is 1. The van der Waals surface area contributed by atoms with E-state index in [-0.39, 0.29) is 28.0 Å². The molecule has 2 rings (SSSR count). The minimum atomic E-state index is -1.23. The maximum atomic E-state index is 13.7. The van der Waals surface area contributed by atoms with Crippen LogP contribution in [0.4, 0.5) is 15.8 Å². The molecule has 0 aliphatic heterocycles. The molecule has 110 valence electrons. The number of nitrogens with zero attached hydrogens (tertiary/aromatic N) is 2. The number of rotatable bonds is 4. The van der Waals surface area contributed by atoms with Gasteiger partial charge < -0.3 is 10.4 Å². The van der Waals surface area contributed by atoms with Gasteiger partial charge in [-0.15, -0.1) is 0 Å². The quantitative estimate of drug-likeness (QED) is 0.897. The summed E-state index contributed by atoms with van der Waals surface area (Å²) >= 11 is 5.90. The average Bonchev–Trinajstić information content (AvgIpc) is 2.42. The van der Waals surface area contributed by atoms with Crippen LogP contribution in [0, 0.1) is 5.82 Å². The van der Waals surface area contributed by atoms with E-state index in [1.807, 2.05) is 13.8 Å². The van der Waals surface area contributed by atoms with Gasteiger partial charge in [0, 0.05) is 5.92 Å². The molecule has 1 aromatic carbocycles. The van der Waals surface area contributed by atoms with Crippen molar-refractivity contribution in [2.45, 2.75) is 19.8 Å². The second kappa shape index (κ2) is 6.05. The van der Waals surface area contributed by atoms with Gasteiger partial charge in [0.1, 0.15) is 11.6 Å². The van der Waals surface area contributed by atoms with E-state index in [1.165, 1.54) is 24.4 Å². The third kappa shape index (κ3) is 3.28. The first kappa shape index (κ1) is 15.2. The SMILES string of the molecule is CC(C)c1ncc(Nc2c(F)cccc2Cl)c(C(=O)O)n1. The van der Waals surface area contributed by atoms with Crippen molar-refractivity contribution in [3.8, 4) is 0 Å². The van der Waals surface area contributed by atoms with Crippen molar-refractivity contribution in [2.75, 3.05) is 5.32 Å². The molecular formula is C14H13ClFN3O2. The van der Waals surface area contributed by atoms with Crippen molar-refractivity contribution in [1.29, 1.82) is 0 Å². The van der Waals surface area contributed by atoms with Gasteiger partial charge in [0.15, 0.2) is 5.69 Å². The third-order valence-corrected chi connectivity index (χ3v) is 3.06. The van der Waals surface area contributed by atoms with E-state index in [1.54, 1.807) is 0 Å². The summed E-state index contributed by atoms with van der Waals surface area (Å²) in [6, 6.07) is 4.17. The van der Waals surface area contributed by atoms with Gasteiger partial charge >= 0.3 is 5.97 Å². The Hall–Kier alpha value is -2.21. The molecule has 21 heavy (non-hydrogen) atoms. The molecule has 0 saturated carbocycles. The zero-order valence-electron chi connectivity index (χ0n) is 11.4. The van der Waals surface area contributed by atoms with Crippen molar-refractivity contribution in [1.82, 2.24) is 9.97 Å². The van der Waals surface area contributed by atoms with E-state index in [0.717, 1.165) is 0 Å². The Morgan fingerprint density at radius 3 is 2.71 bits per heavy atom. The first-order chi connectivity index (χ1) is 9.90. The Morgan fingerprint density at radius 2 is 2.14 bits per heavy atom. The number of benzene rings is 1. The monoisotopic (exact) mass is 309 g/mol. The highest BCUT2D eigenvalue weighted by molar-refractivity contribution is 6.33. The van der Waals surface area contributed by atoms with Gasteiger partial charge in [-0.1, -0.05) is 31.5 Å². The molecular weight excluding hydrogens is 297 g/mol. The molecule has 1 aromatic heterocycles. The van der Waals surface area contributed by atoms with Gasteiger partial charge in [-0.2, -0.15) is 0 Å². The third-order valence-electron chi connectivity index (χ3n) is 2.75. The van der Waals surface area contributed by atoms with Gasteiger partial charge in [-0.05, 0) is 12.1 Å². The van der Waals surface area contributed by atoms with E-state index in [2.05, 4.69) is 15.3 Å². The number of anilines is 2. The highest BCUT2D eigenvalue weighted by Gasteiger charge is 2.17. The maximum Gasteiger partial charge on any atom is 0.356 e. The number of aromatic nitrogens is 2. The summed E-state index contributed by atoms with van der Waals surface area (Å²) in [6.45, 7) is 3.70. The Morgan fingerprint density at radius 1 is 1.43 bits per heavy atom. The molecule has 0 spiro atoms. The molecule has 0 unspecified atom stereocenters. The average molecular weight is 310 g/mol. The van der Waals surface area contributed by atoms with E-state index in [4.69, 9.17) is 11.6 Å². The van der Waals surface area contributed by atoms with Crippen LogP contribution in [-0.2, 0) is 0 Å². The molecule has 5 nitrogen and oxygen atoms in total. The summed E-state index contributed by atoms with van der Waals surface area (Å²) in [7, 11) is 0. The molecule has 0 atom stereocenters. The molecule has 1 heterocycles. The van der Waals surface area contributed by atoms with Crippen molar-refractivity contribution >= 4 is 28.9 Å². The number of carboxylic acids is 1. The lowest BCUT2D eigenvalue weighted by Gasteiger charge is -2.12. The molecule has 0 aliphatic carbocycles. The number of hydrogen-bond donors (Lipinski definition) is 2. The summed E-state index contributed by atoms with van der Waals surface area (Å²) in [5, 5.41) is 12.0. The molecule has 0 aliphatic rings. The van der Waals surface area contributed by atoms with Gasteiger partial charge in [0.05, 0.1) is 22.6 Å². The number of nitrogens with one attached hydrogen (secondary N) is 1. The van der Waals surface area contributed by atoms with E-state index < -0.39 is 11.8 Å². The molecule has 0 radical (unpaired) electrons. The minimum absolute atomic E-state index is 0.0115. The Balaban J connectivity index is 2.47. The number of hydrogen-bond acceptors (Lipinski definition) is 4. The molecule has 2 aromatic rings. The van der Waals surface area contributed by atoms with E-state index >= 15 is 0 Å². The predicted molar refractivity (Wildman–Crippen MR) is 77.8 cm³/mol. The minimum Gasteiger partial charge on any atom is -0.476 e. The fourth-order valence-electron chi connectivity index (χ4n) is 1.68. The normalized spacial score (nSPS) is 10.7. The first-order valence-electron chi connectivity index (χ1n) is 6.21. The Kier molecular flexibility index (Phi) is 4.37. The van der Waals surface area contributed by atoms with Crippen LogP contribution in [0.15, 0.2) is 24.4 Å². The lowest BCUT2D eigenvalue weighted by atomic mass is 10.2. The topological polar surface area (TPSA) is 75.1 Å². The fourth-order valence-corrected chi connectivity index (χ4v) is 1.89. The van der Waals surface area contributed by atoms with Gasteiger partial charge in [0.2, 0.25) is 0 Å². The summed E-state index contributed by atoms with van der Waals surface area (Å²) in [4.78, 5) is 19.4. The highest BCUT2D eigenvalue weighted by atomic mass is 35.5. The maximum absolute atomic E-state index is 13.7. The molecule has 2 N–H and O–H groups in total. The molecule has 7 heteroatoms. The van der Waals surface area contributed by atoms with E-state index in [0.29, 0.717) is 5.82 Å². The molecule has 0 bridgehead atoms. The summed E-state index contributed by atoms with van der Waals surface area (Å²) in [6.07, 6.45) is 1.31. The van der Waals surface area contributed by atoms with Gasteiger partial charge in [-0.25, -0.2) is 19.2 Å². The second-order valence-corrected chi connectivity index (χ2v) is 5.08.